The van der Waals surface area contributed by atoms with Gasteiger partial charge in [0.2, 0.25) is 0 Å². The summed E-state index contributed by atoms with van der Waals surface area (Å²) < 4.78 is 7.48. The van der Waals surface area contributed by atoms with Crippen LogP contribution in [0.4, 0.5) is 0 Å². The summed E-state index contributed by atoms with van der Waals surface area (Å²) in [5, 5.41) is 1.10. The third-order valence-electron chi connectivity index (χ3n) is 4.61. The smallest absolute Gasteiger partial charge is 0.278 e. The van der Waals surface area contributed by atoms with Gasteiger partial charge in [0.25, 0.3) is 5.56 Å². The standard InChI is InChI=1S/C22H14ClN3O2S/c1-13-7-5-10-15(23)17(13)26-20(14-8-3-2-4-9-14)24-19-18(22(26)27)29-21(25-19)16-11-6-12-28-16/h2-12H,1H3. The van der Waals surface area contributed by atoms with Crippen molar-refractivity contribution in [2.24, 2.45) is 0 Å². The van der Waals surface area contributed by atoms with Gasteiger partial charge in [0.05, 0.1) is 17.0 Å². The number of fused-ring (bicyclic) bond motifs is 1. The first-order valence-corrected chi connectivity index (χ1v) is 10.1. The molecule has 0 aliphatic heterocycles. The third-order valence-corrected chi connectivity index (χ3v) is 5.96. The van der Waals surface area contributed by atoms with Gasteiger partial charge in [0.15, 0.2) is 16.4 Å². The Morgan fingerprint density at radius 1 is 1.00 bits per heavy atom. The molecule has 0 spiro atoms. The molecule has 142 valence electrons. The first-order valence-electron chi connectivity index (χ1n) is 8.92. The number of para-hydroxylation sites is 1. The molecule has 29 heavy (non-hydrogen) atoms. The molecule has 7 heteroatoms. The van der Waals surface area contributed by atoms with E-state index in [0.29, 0.717) is 37.6 Å². The number of hydrogen-bond donors (Lipinski definition) is 0. The van der Waals surface area contributed by atoms with Crippen molar-refractivity contribution >= 4 is 33.3 Å². The van der Waals surface area contributed by atoms with Crippen molar-refractivity contribution in [1.29, 1.82) is 0 Å². The zero-order chi connectivity index (χ0) is 20.0. The van der Waals surface area contributed by atoms with Gasteiger partial charge in [-0.2, -0.15) is 0 Å². The first kappa shape index (κ1) is 17.8. The lowest BCUT2D eigenvalue weighted by Crippen LogP contribution is -2.22. The summed E-state index contributed by atoms with van der Waals surface area (Å²) in [6, 6.07) is 18.7. The van der Waals surface area contributed by atoms with Crippen molar-refractivity contribution in [3.8, 4) is 27.8 Å². The van der Waals surface area contributed by atoms with Gasteiger partial charge in [0, 0.05) is 5.56 Å². The molecule has 0 atom stereocenters. The van der Waals surface area contributed by atoms with Crippen molar-refractivity contribution in [3.63, 3.8) is 0 Å². The van der Waals surface area contributed by atoms with E-state index in [0.717, 1.165) is 11.1 Å². The van der Waals surface area contributed by atoms with E-state index in [4.69, 9.17) is 21.0 Å². The summed E-state index contributed by atoms with van der Waals surface area (Å²) in [5.74, 6) is 1.10. The largest absolute Gasteiger partial charge is 0.462 e. The van der Waals surface area contributed by atoms with Crippen LogP contribution in [0.15, 0.2) is 76.1 Å². The molecule has 0 saturated carbocycles. The molecule has 0 bridgehead atoms. The molecule has 5 rings (SSSR count). The highest BCUT2D eigenvalue weighted by atomic mass is 35.5. The van der Waals surface area contributed by atoms with Gasteiger partial charge < -0.3 is 4.42 Å². The second kappa shape index (κ2) is 6.99. The van der Waals surface area contributed by atoms with Crippen LogP contribution in [0.25, 0.3) is 38.2 Å². The summed E-state index contributed by atoms with van der Waals surface area (Å²) in [7, 11) is 0. The van der Waals surface area contributed by atoms with Gasteiger partial charge in [-0.1, -0.05) is 54.1 Å². The van der Waals surface area contributed by atoms with Crippen molar-refractivity contribution in [2.45, 2.75) is 6.92 Å². The number of hydrogen-bond acceptors (Lipinski definition) is 5. The van der Waals surface area contributed by atoms with Crippen molar-refractivity contribution < 1.29 is 4.42 Å². The Kier molecular flexibility index (Phi) is 4.30. The van der Waals surface area contributed by atoms with Gasteiger partial charge in [-0.15, -0.1) is 11.3 Å². The van der Waals surface area contributed by atoms with Crippen molar-refractivity contribution in [1.82, 2.24) is 14.5 Å². The Hall–Kier alpha value is -3.22. The topological polar surface area (TPSA) is 60.9 Å². The minimum Gasteiger partial charge on any atom is -0.462 e. The fraction of sp³-hybridized carbons (Fsp3) is 0.0455. The quantitative estimate of drug-likeness (QED) is 0.374. The molecule has 0 amide bonds. The second-order valence-corrected chi connectivity index (χ2v) is 7.90. The number of thiazole rings is 1. The Bertz CT molecular complexity index is 1370. The monoisotopic (exact) mass is 419 g/mol. The Balaban J connectivity index is 1.89. The zero-order valence-electron chi connectivity index (χ0n) is 15.3. The summed E-state index contributed by atoms with van der Waals surface area (Å²) in [5.41, 5.74) is 2.50. The fourth-order valence-electron chi connectivity index (χ4n) is 3.28. The SMILES string of the molecule is Cc1cccc(Cl)c1-n1c(-c2ccccc2)nc2nc(-c3ccco3)sc2c1=O. The molecular weight excluding hydrogens is 406 g/mol. The van der Waals surface area contributed by atoms with Gasteiger partial charge in [-0.05, 0) is 30.7 Å². The van der Waals surface area contributed by atoms with E-state index >= 15 is 0 Å². The maximum atomic E-state index is 13.6. The molecule has 0 fully saturated rings. The van der Waals surface area contributed by atoms with Gasteiger partial charge >= 0.3 is 0 Å². The predicted octanol–water partition coefficient (Wildman–Crippen LogP) is 5.73. The van der Waals surface area contributed by atoms with Crippen LogP contribution < -0.4 is 5.56 Å². The minimum absolute atomic E-state index is 0.208. The van der Waals surface area contributed by atoms with E-state index in [1.165, 1.54) is 11.3 Å². The van der Waals surface area contributed by atoms with Crippen LogP contribution in [-0.2, 0) is 0 Å². The molecular formula is C22H14ClN3O2S. The summed E-state index contributed by atoms with van der Waals surface area (Å²) in [4.78, 5) is 22.9. The lowest BCUT2D eigenvalue weighted by Gasteiger charge is -2.15. The number of halogens is 1. The molecule has 0 unspecified atom stereocenters. The average Bonchev–Trinajstić information content (AvgIpc) is 3.39. The molecule has 5 aromatic rings. The van der Waals surface area contributed by atoms with Crippen LogP contribution >= 0.6 is 22.9 Å². The lowest BCUT2D eigenvalue weighted by molar-refractivity contribution is 0.582. The minimum atomic E-state index is -0.208. The van der Waals surface area contributed by atoms with Crippen LogP contribution in [0, 0.1) is 6.92 Å². The van der Waals surface area contributed by atoms with E-state index in [9.17, 15) is 4.79 Å². The van der Waals surface area contributed by atoms with Crippen molar-refractivity contribution in [2.75, 3.05) is 0 Å². The number of nitrogens with zero attached hydrogens (tertiary/aromatic N) is 3. The van der Waals surface area contributed by atoms with E-state index < -0.39 is 0 Å². The maximum Gasteiger partial charge on any atom is 0.278 e. The molecule has 5 nitrogen and oxygen atoms in total. The molecule has 3 aromatic heterocycles. The van der Waals surface area contributed by atoms with Crippen LogP contribution in [0.2, 0.25) is 5.02 Å². The average molecular weight is 420 g/mol. The van der Waals surface area contributed by atoms with Crippen molar-refractivity contribution in [3.05, 3.63) is 87.9 Å². The molecule has 0 N–H and O–H groups in total. The Labute approximate surface area is 174 Å². The van der Waals surface area contributed by atoms with Crippen LogP contribution in [-0.4, -0.2) is 14.5 Å². The van der Waals surface area contributed by atoms with Gasteiger partial charge in [0.1, 0.15) is 10.5 Å². The zero-order valence-corrected chi connectivity index (χ0v) is 16.9. The highest BCUT2D eigenvalue weighted by Crippen LogP contribution is 2.32. The highest BCUT2D eigenvalue weighted by Gasteiger charge is 2.21. The van der Waals surface area contributed by atoms with Gasteiger partial charge in [-0.3, -0.25) is 9.36 Å². The van der Waals surface area contributed by atoms with Crippen LogP contribution in [0.5, 0.6) is 0 Å². The van der Waals surface area contributed by atoms with Crippen LogP contribution in [0.1, 0.15) is 5.56 Å². The number of benzene rings is 2. The van der Waals surface area contributed by atoms with E-state index in [-0.39, 0.29) is 5.56 Å². The lowest BCUT2D eigenvalue weighted by atomic mass is 10.1. The van der Waals surface area contributed by atoms with Gasteiger partial charge in [-0.25, -0.2) is 9.97 Å². The number of rotatable bonds is 3. The highest BCUT2D eigenvalue weighted by molar-refractivity contribution is 7.21. The number of aromatic nitrogens is 3. The summed E-state index contributed by atoms with van der Waals surface area (Å²) >= 11 is 7.78. The number of furan rings is 1. The second-order valence-electron chi connectivity index (χ2n) is 6.50. The fourth-order valence-corrected chi connectivity index (χ4v) is 4.49. The summed E-state index contributed by atoms with van der Waals surface area (Å²) in [6.07, 6.45) is 1.58. The number of aryl methyl sites for hydroxylation is 1. The molecule has 2 aromatic carbocycles. The molecule has 3 heterocycles. The Morgan fingerprint density at radius 3 is 2.55 bits per heavy atom. The predicted molar refractivity (Wildman–Crippen MR) is 116 cm³/mol. The molecule has 0 aliphatic carbocycles. The summed E-state index contributed by atoms with van der Waals surface area (Å²) in [6.45, 7) is 1.92. The van der Waals surface area contributed by atoms with E-state index in [1.54, 1.807) is 23.0 Å². The first-order chi connectivity index (χ1) is 14.1. The van der Waals surface area contributed by atoms with E-state index in [1.807, 2.05) is 55.5 Å². The van der Waals surface area contributed by atoms with Crippen LogP contribution in [0.3, 0.4) is 0 Å². The normalized spacial score (nSPS) is 11.2. The Morgan fingerprint density at radius 2 is 1.83 bits per heavy atom. The molecule has 0 saturated heterocycles. The maximum absolute atomic E-state index is 13.6. The molecule has 0 aliphatic rings. The van der Waals surface area contributed by atoms with E-state index in [2.05, 4.69) is 4.98 Å². The molecule has 0 radical (unpaired) electrons. The third kappa shape index (κ3) is 2.97.